The van der Waals surface area contributed by atoms with Crippen LogP contribution in [0.2, 0.25) is 0 Å². The van der Waals surface area contributed by atoms with Gasteiger partial charge >= 0.3 is 0 Å². The Morgan fingerprint density at radius 2 is 2.06 bits per heavy atom. The summed E-state index contributed by atoms with van der Waals surface area (Å²) in [5.74, 6) is -0.00993. The van der Waals surface area contributed by atoms with Crippen LogP contribution in [0.1, 0.15) is 34.1 Å². The van der Waals surface area contributed by atoms with Crippen LogP contribution < -0.4 is 5.32 Å². The first-order chi connectivity index (χ1) is 8.25. The predicted molar refractivity (Wildman–Crippen MR) is 68.8 cm³/mol. The van der Waals surface area contributed by atoms with Crippen molar-refractivity contribution in [1.82, 2.24) is 10.2 Å². The third kappa shape index (κ3) is 3.70. The number of carbonyl (C=O) groups excluding carboxylic acids is 2. The van der Waals surface area contributed by atoms with Crippen LogP contribution >= 0.6 is 0 Å². The molecule has 2 unspecified atom stereocenters. The lowest BCUT2D eigenvalue weighted by molar-refractivity contribution is -0.137. The van der Waals surface area contributed by atoms with E-state index in [1.54, 1.807) is 11.8 Å². The van der Waals surface area contributed by atoms with Gasteiger partial charge in [0.1, 0.15) is 6.04 Å². The van der Waals surface area contributed by atoms with E-state index in [0.717, 1.165) is 6.42 Å². The van der Waals surface area contributed by atoms with E-state index in [9.17, 15) is 9.59 Å². The molecule has 104 valence electrons. The van der Waals surface area contributed by atoms with E-state index in [2.05, 4.69) is 5.32 Å². The Labute approximate surface area is 109 Å². The molecule has 5 nitrogen and oxygen atoms in total. The standard InChI is InChI=1S/C13H24N2O3/c1-9(14-12(18)13(2,3)4)11(17)15-6-5-10(7-15)8-16/h9-10,16H,5-8H2,1-4H3,(H,14,18). The van der Waals surface area contributed by atoms with Crippen LogP contribution in [0.15, 0.2) is 0 Å². The van der Waals surface area contributed by atoms with Crippen molar-refractivity contribution >= 4 is 11.8 Å². The van der Waals surface area contributed by atoms with Crippen LogP contribution in [0, 0.1) is 11.3 Å². The lowest BCUT2D eigenvalue weighted by Crippen LogP contribution is -2.49. The molecule has 1 saturated heterocycles. The van der Waals surface area contributed by atoms with Crippen LogP contribution in [-0.4, -0.2) is 47.6 Å². The van der Waals surface area contributed by atoms with Crippen LogP contribution in [0.3, 0.4) is 0 Å². The van der Waals surface area contributed by atoms with Gasteiger partial charge in [0.25, 0.3) is 0 Å². The number of amides is 2. The molecule has 0 aliphatic carbocycles. The lowest BCUT2D eigenvalue weighted by atomic mass is 9.95. The maximum atomic E-state index is 12.1. The molecule has 0 radical (unpaired) electrons. The average molecular weight is 256 g/mol. The molecule has 2 N–H and O–H groups in total. The van der Waals surface area contributed by atoms with Gasteiger partial charge in [0.05, 0.1) is 0 Å². The van der Waals surface area contributed by atoms with Gasteiger partial charge in [0, 0.05) is 31.0 Å². The van der Waals surface area contributed by atoms with Gasteiger partial charge in [-0.3, -0.25) is 9.59 Å². The topological polar surface area (TPSA) is 69.6 Å². The third-order valence-electron chi connectivity index (χ3n) is 3.25. The molecule has 2 amide bonds. The second-order valence-corrected chi connectivity index (χ2v) is 6.07. The molecule has 1 aliphatic heterocycles. The summed E-state index contributed by atoms with van der Waals surface area (Å²) in [6, 6.07) is -0.505. The first kappa shape index (κ1) is 15.0. The minimum Gasteiger partial charge on any atom is -0.396 e. The van der Waals surface area contributed by atoms with E-state index in [0.29, 0.717) is 13.1 Å². The van der Waals surface area contributed by atoms with Crippen LogP contribution in [0.4, 0.5) is 0 Å². The van der Waals surface area contributed by atoms with Crippen molar-refractivity contribution in [1.29, 1.82) is 0 Å². The van der Waals surface area contributed by atoms with Crippen molar-refractivity contribution in [3.8, 4) is 0 Å². The summed E-state index contributed by atoms with van der Waals surface area (Å²) in [4.78, 5) is 25.6. The molecule has 0 spiro atoms. The zero-order valence-electron chi connectivity index (χ0n) is 11.7. The van der Waals surface area contributed by atoms with Crippen molar-refractivity contribution in [2.24, 2.45) is 11.3 Å². The summed E-state index contributed by atoms with van der Waals surface area (Å²) in [5, 5.41) is 11.8. The Bertz CT molecular complexity index is 323. The number of aliphatic hydroxyl groups excluding tert-OH is 1. The minimum absolute atomic E-state index is 0.0662. The van der Waals surface area contributed by atoms with Crippen molar-refractivity contribution in [3.63, 3.8) is 0 Å². The van der Waals surface area contributed by atoms with Gasteiger partial charge in [-0.2, -0.15) is 0 Å². The quantitative estimate of drug-likeness (QED) is 0.767. The van der Waals surface area contributed by atoms with Crippen LogP contribution in [0.25, 0.3) is 0 Å². The number of likely N-dealkylation sites (tertiary alicyclic amines) is 1. The highest BCUT2D eigenvalue weighted by Gasteiger charge is 2.31. The number of nitrogens with zero attached hydrogens (tertiary/aromatic N) is 1. The highest BCUT2D eigenvalue weighted by molar-refractivity contribution is 5.89. The molecular weight excluding hydrogens is 232 g/mol. The largest absolute Gasteiger partial charge is 0.396 e. The Balaban J connectivity index is 2.50. The Morgan fingerprint density at radius 1 is 1.44 bits per heavy atom. The molecule has 1 heterocycles. The Hall–Kier alpha value is -1.10. The predicted octanol–water partition coefficient (Wildman–Crippen LogP) is 0.378. The zero-order chi connectivity index (χ0) is 13.9. The summed E-state index contributed by atoms with van der Waals surface area (Å²) < 4.78 is 0. The molecule has 1 rings (SSSR count). The van der Waals surface area contributed by atoms with E-state index in [1.807, 2.05) is 20.8 Å². The fourth-order valence-corrected chi connectivity index (χ4v) is 1.93. The maximum Gasteiger partial charge on any atom is 0.244 e. The summed E-state index contributed by atoms with van der Waals surface area (Å²) in [6.07, 6.45) is 0.835. The molecule has 0 aromatic heterocycles. The zero-order valence-corrected chi connectivity index (χ0v) is 11.7. The smallest absolute Gasteiger partial charge is 0.244 e. The molecule has 5 heteroatoms. The van der Waals surface area contributed by atoms with Crippen molar-refractivity contribution < 1.29 is 14.7 Å². The summed E-state index contributed by atoms with van der Waals surface area (Å²) in [6.45, 7) is 8.53. The lowest BCUT2D eigenvalue weighted by Gasteiger charge is -2.25. The van der Waals surface area contributed by atoms with E-state index >= 15 is 0 Å². The van der Waals surface area contributed by atoms with Crippen molar-refractivity contribution in [3.05, 3.63) is 0 Å². The number of rotatable bonds is 3. The molecule has 0 aromatic carbocycles. The Morgan fingerprint density at radius 3 is 2.50 bits per heavy atom. The summed E-state index contributed by atoms with van der Waals surface area (Å²) in [5.41, 5.74) is -0.493. The second kappa shape index (κ2) is 5.69. The SMILES string of the molecule is CC(NC(=O)C(C)(C)C)C(=O)N1CCC(CO)C1. The molecular formula is C13H24N2O3. The van der Waals surface area contributed by atoms with Gasteiger partial charge < -0.3 is 15.3 Å². The number of hydrogen-bond donors (Lipinski definition) is 2. The van der Waals surface area contributed by atoms with Gasteiger partial charge in [-0.25, -0.2) is 0 Å². The molecule has 2 atom stereocenters. The fourth-order valence-electron chi connectivity index (χ4n) is 1.93. The highest BCUT2D eigenvalue weighted by Crippen LogP contribution is 2.17. The van der Waals surface area contributed by atoms with Gasteiger partial charge in [-0.1, -0.05) is 20.8 Å². The van der Waals surface area contributed by atoms with Gasteiger partial charge in [0.15, 0.2) is 0 Å². The van der Waals surface area contributed by atoms with Crippen molar-refractivity contribution in [2.75, 3.05) is 19.7 Å². The number of nitrogens with one attached hydrogen (secondary N) is 1. The van der Waals surface area contributed by atoms with Gasteiger partial charge in [-0.15, -0.1) is 0 Å². The molecule has 0 aromatic rings. The molecule has 1 fully saturated rings. The first-order valence-corrected chi connectivity index (χ1v) is 6.46. The van der Waals surface area contributed by atoms with E-state index in [4.69, 9.17) is 5.11 Å². The maximum absolute atomic E-state index is 12.1. The normalized spacial score (nSPS) is 21.8. The van der Waals surface area contributed by atoms with Crippen LogP contribution in [0.5, 0.6) is 0 Å². The van der Waals surface area contributed by atoms with E-state index < -0.39 is 11.5 Å². The molecule has 18 heavy (non-hydrogen) atoms. The highest BCUT2D eigenvalue weighted by atomic mass is 16.3. The number of hydrogen-bond acceptors (Lipinski definition) is 3. The van der Waals surface area contributed by atoms with Crippen LogP contribution in [-0.2, 0) is 9.59 Å². The second-order valence-electron chi connectivity index (χ2n) is 6.07. The molecule has 0 saturated carbocycles. The number of aliphatic hydroxyl groups is 1. The fraction of sp³-hybridized carbons (Fsp3) is 0.846. The van der Waals surface area contributed by atoms with Gasteiger partial charge in [-0.05, 0) is 13.3 Å². The molecule has 1 aliphatic rings. The minimum atomic E-state index is -0.505. The summed E-state index contributed by atoms with van der Waals surface area (Å²) in [7, 11) is 0. The summed E-state index contributed by atoms with van der Waals surface area (Å²) >= 11 is 0. The van der Waals surface area contributed by atoms with E-state index in [-0.39, 0.29) is 24.3 Å². The third-order valence-corrected chi connectivity index (χ3v) is 3.25. The molecule has 0 bridgehead atoms. The van der Waals surface area contributed by atoms with Crippen molar-refractivity contribution in [2.45, 2.75) is 40.2 Å². The number of carbonyl (C=O) groups is 2. The monoisotopic (exact) mass is 256 g/mol. The van der Waals surface area contributed by atoms with E-state index in [1.165, 1.54) is 0 Å². The Kier molecular flexibility index (Phi) is 4.73. The van der Waals surface area contributed by atoms with Gasteiger partial charge in [0.2, 0.25) is 11.8 Å². The first-order valence-electron chi connectivity index (χ1n) is 6.46. The average Bonchev–Trinajstić information content (AvgIpc) is 2.74.